The number of thioether (sulfide) groups is 1. The molecule has 24 heavy (non-hydrogen) atoms. The first-order chi connectivity index (χ1) is 11.7. The summed E-state index contributed by atoms with van der Waals surface area (Å²) in [7, 11) is 2.05. The smallest absolute Gasteiger partial charge is 0.232 e. The van der Waals surface area contributed by atoms with E-state index in [0.29, 0.717) is 11.7 Å². The zero-order valence-corrected chi connectivity index (χ0v) is 15.4. The van der Waals surface area contributed by atoms with Gasteiger partial charge in [0.15, 0.2) is 0 Å². The third-order valence-corrected chi connectivity index (χ3v) is 5.41. The molecule has 2 saturated heterocycles. The second-order valence-electron chi connectivity index (χ2n) is 6.53. The van der Waals surface area contributed by atoms with Crippen LogP contribution >= 0.6 is 11.8 Å². The number of nitrogens with zero attached hydrogens (tertiary/aromatic N) is 5. The molecule has 0 unspecified atom stereocenters. The van der Waals surface area contributed by atoms with Crippen LogP contribution in [0.2, 0.25) is 0 Å². The molecule has 0 saturated carbocycles. The lowest BCUT2D eigenvalue weighted by Gasteiger charge is -2.32. The Hall–Kier alpha value is -1.12. The number of aromatic nitrogens is 3. The number of amides is 1. The summed E-state index contributed by atoms with van der Waals surface area (Å²) >= 11 is 1.59. The van der Waals surface area contributed by atoms with E-state index in [1.165, 1.54) is 0 Å². The van der Waals surface area contributed by atoms with E-state index in [1.807, 2.05) is 18.2 Å². The Morgan fingerprint density at radius 2 is 2.08 bits per heavy atom. The Balaban J connectivity index is 1.64. The van der Waals surface area contributed by atoms with Crippen molar-refractivity contribution < 1.29 is 9.53 Å². The van der Waals surface area contributed by atoms with Crippen LogP contribution in [0.25, 0.3) is 0 Å². The molecule has 0 spiro atoms. The van der Waals surface area contributed by atoms with Gasteiger partial charge >= 0.3 is 0 Å². The fraction of sp³-hybridized carbons (Fsp3) is 0.812. The van der Waals surface area contributed by atoms with Gasteiger partial charge in [-0.15, -0.1) is 10.2 Å². The molecule has 1 aromatic heterocycles. The molecule has 0 N–H and O–H groups in total. The van der Waals surface area contributed by atoms with E-state index < -0.39 is 0 Å². The lowest BCUT2D eigenvalue weighted by molar-refractivity contribution is -0.129. The van der Waals surface area contributed by atoms with Crippen molar-refractivity contribution in [1.29, 1.82) is 0 Å². The monoisotopic (exact) mass is 353 g/mol. The van der Waals surface area contributed by atoms with Crippen LogP contribution in [0.5, 0.6) is 0 Å². The standard InChI is InChI=1S/C16H27N5O2S/c1-19-14(11-20-6-8-23-9-7-20)17-18-16(19)13-4-3-5-21(10-13)15(22)12-24-2/h13H,3-12H2,1-2H3/t13-/m0/s1. The number of likely N-dealkylation sites (tertiary alicyclic amines) is 1. The van der Waals surface area contributed by atoms with Crippen LogP contribution in [0, 0.1) is 0 Å². The molecular weight excluding hydrogens is 326 g/mol. The van der Waals surface area contributed by atoms with Crippen molar-refractivity contribution in [3.05, 3.63) is 11.6 Å². The molecule has 3 heterocycles. The van der Waals surface area contributed by atoms with Crippen molar-refractivity contribution in [2.75, 3.05) is 51.4 Å². The van der Waals surface area contributed by atoms with E-state index in [0.717, 1.165) is 70.4 Å². The predicted octanol–water partition coefficient (Wildman–Crippen LogP) is 0.716. The third-order valence-electron chi connectivity index (χ3n) is 4.87. The fourth-order valence-corrected chi connectivity index (χ4v) is 3.89. The summed E-state index contributed by atoms with van der Waals surface area (Å²) in [5, 5.41) is 8.87. The maximum atomic E-state index is 12.2. The average molecular weight is 353 g/mol. The van der Waals surface area contributed by atoms with Gasteiger partial charge in [0.1, 0.15) is 11.6 Å². The van der Waals surface area contributed by atoms with Gasteiger partial charge in [-0.2, -0.15) is 11.8 Å². The lowest BCUT2D eigenvalue weighted by atomic mass is 9.97. The van der Waals surface area contributed by atoms with E-state index in [4.69, 9.17) is 4.74 Å². The molecule has 1 amide bonds. The number of rotatable bonds is 5. The van der Waals surface area contributed by atoms with Crippen molar-refractivity contribution in [2.24, 2.45) is 7.05 Å². The molecule has 8 heteroatoms. The molecule has 7 nitrogen and oxygen atoms in total. The number of carbonyl (C=O) groups is 1. The molecule has 2 aliphatic rings. The largest absolute Gasteiger partial charge is 0.379 e. The second kappa shape index (κ2) is 8.31. The molecule has 1 atom stereocenters. The van der Waals surface area contributed by atoms with Gasteiger partial charge < -0.3 is 14.2 Å². The summed E-state index contributed by atoms with van der Waals surface area (Å²) in [6.07, 6.45) is 4.09. The zero-order valence-electron chi connectivity index (χ0n) is 14.6. The van der Waals surface area contributed by atoms with Crippen LogP contribution < -0.4 is 0 Å². The van der Waals surface area contributed by atoms with Crippen LogP contribution in [-0.2, 0) is 23.1 Å². The van der Waals surface area contributed by atoms with Crippen molar-refractivity contribution in [2.45, 2.75) is 25.3 Å². The van der Waals surface area contributed by atoms with Gasteiger partial charge in [-0.25, -0.2) is 0 Å². The molecule has 0 bridgehead atoms. The van der Waals surface area contributed by atoms with Gasteiger partial charge in [0.25, 0.3) is 0 Å². The number of piperidine rings is 1. The van der Waals surface area contributed by atoms with Gasteiger partial charge in [-0.1, -0.05) is 0 Å². The van der Waals surface area contributed by atoms with Crippen molar-refractivity contribution in [1.82, 2.24) is 24.6 Å². The minimum atomic E-state index is 0.239. The summed E-state index contributed by atoms with van der Waals surface area (Å²) in [4.78, 5) is 16.5. The average Bonchev–Trinajstić information content (AvgIpc) is 2.97. The fourth-order valence-electron chi connectivity index (χ4n) is 3.46. The molecule has 0 aliphatic carbocycles. The van der Waals surface area contributed by atoms with E-state index in [-0.39, 0.29) is 5.91 Å². The highest BCUT2D eigenvalue weighted by atomic mass is 32.2. The maximum absolute atomic E-state index is 12.2. The van der Waals surface area contributed by atoms with E-state index >= 15 is 0 Å². The van der Waals surface area contributed by atoms with Crippen LogP contribution in [0.4, 0.5) is 0 Å². The van der Waals surface area contributed by atoms with E-state index in [1.54, 1.807) is 11.8 Å². The van der Waals surface area contributed by atoms with Gasteiger partial charge in [-0.3, -0.25) is 9.69 Å². The topological polar surface area (TPSA) is 63.5 Å². The minimum absolute atomic E-state index is 0.239. The Kier molecular flexibility index (Phi) is 6.13. The molecule has 0 radical (unpaired) electrons. The number of ether oxygens (including phenoxy) is 1. The molecule has 2 fully saturated rings. The SMILES string of the molecule is CSCC(=O)N1CCC[C@H](c2nnc(CN3CCOCC3)n2C)C1. The van der Waals surface area contributed by atoms with Gasteiger partial charge in [0.2, 0.25) is 5.91 Å². The second-order valence-corrected chi connectivity index (χ2v) is 7.40. The predicted molar refractivity (Wildman–Crippen MR) is 94.0 cm³/mol. The van der Waals surface area contributed by atoms with Gasteiger partial charge in [0.05, 0.1) is 25.5 Å². The third kappa shape index (κ3) is 4.10. The van der Waals surface area contributed by atoms with E-state index in [2.05, 4.69) is 19.7 Å². The highest BCUT2D eigenvalue weighted by molar-refractivity contribution is 7.99. The molecular formula is C16H27N5O2S. The Morgan fingerprint density at radius 1 is 1.29 bits per heavy atom. The summed E-state index contributed by atoms with van der Waals surface area (Å²) in [6.45, 7) is 5.93. The first kappa shape index (κ1) is 17.7. The normalized spacial score (nSPS) is 22.8. The molecule has 1 aromatic rings. The minimum Gasteiger partial charge on any atom is -0.379 e. The first-order valence-electron chi connectivity index (χ1n) is 8.64. The Bertz CT molecular complexity index is 559. The summed E-state index contributed by atoms with van der Waals surface area (Å²) in [6, 6.07) is 0. The molecule has 134 valence electrons. The highest BCUT2D eigenvalue weighted by Crippen LogP contribution is 2.26. The number of carbonyl (C=O) groups excluding carboxylic acids is 1. The Morgan fingerprint density at radius 3 is 2.83 bits per heavy atom. The molecule has 2 aliphatic heterocycles. The highest BCUT2D eigenvalue weighted by Gasteiger charge is 2.28. The van der Waals surface area contributed by atoms with Crippen LogP contribution in [-0.4, -0.2) is 81.9 Å². The van der Waals surface area contributed by atoms with Crippen molar-refractivity contribution >= 4 is 17.7 Å². The summed E-state index contributed by atoms with van der Waals surface area (Å²) < 4.78 is 7.53. The van der Waals surface area contributed by atoms with E-state index in [9.17, 15) is 4.79 Å². The summed E-state index contributed by atoms with van der Waals surface area (Å²) in [5.74, 6) is 3.11. The quantitative estimate of drug-likeness (QED) is 0.777. The number of morpholine rings is 1. The van der Waals surface area contributed by atoms with Gasteiger partial charge in [0, 0.05) is 39.1 Å². The molecule has 0 aromatic carbocycles. The zero-order chi connectivity index (χ0) is 16.9. The van der Waals surface area contributed by atoms with Crippen LogP contribution in [0.15, 0.2) is 0 Å². The van der Waals surface area contributed by atoms with Crippen molar-refractivity contribution in [3.63, 3.8) is 0 Å². The lowest BCUT2D eigenvalue weighted by Crippen LogP contribution is -2.40. The molecule has 3 rings (SSSR count). The van der Waals surface area contributed by atoms with Gasteiger partial charge in [-0.05, 0) is 19.1 Å². The number of hydrogen-bond acceptors (Lipinski definition) is 6. The maximum Gasteiger partial charge on any atom is 0.232 e. The van der Waals surface area contributed by atoms with Crippen LogP contribution in [0.3, 0.4) is 0 Å². The Labute approximate surface area is 147 Å². The number of hydrogen-bond donors (Lipinski definition) is 0. The van der Waals surface area contributed by atoms with Crippen LogP contribution in [0.1, 0.15) is 30.4 Å². The van der Waals surface area contributed by atoms with Crippen molar-refractivity contribution in [3.8, 4) is 0 Å². The summed E-state index contributed by atoms with van der Waals surface area (Å²) in [5.41, 5.74) is 0. The first-order valence-corrected chi connectivity index (χ1v) is 10.0.